The van der Waals surface area contributed by atoms with E-state index in [0.717, 1.165) is 29.7 Å². The minimum atomic E-state index is -0.293. The maximum atomic E-state index is 11.5. The van der Waals surface area contributed by atoms with Crippen molar-refractivity contribution in [3.8, 4) is 10.4 Å². The van der Waals surface area contributed by atoms with Crippen LogP contribution in [0.2, 0.25) is 0 Å². The molecule has 1 amide bonds. The number of carbonyl (C=O) groups is 1. The molecule has 0 aromatic carbocycles. The molecule has 0 fully saturated rings. The molecule has 0 bridgehead atoms. The van der Waals surface area contributed by atoms with E-state index in [-0.39, 0.29) is 5.91 Å². The minimum absolute atomic E-state index is 0.293. The Balaban J connectivity index is 2.29. The first-order valence-corrected chi connectivity index (χ1v) is 7.19. The van der Waals surface area contributed by atoms with Gasteiger partial charge in [-0.25, -0.2) is 4.37 Å². The second-order valence-corrected chi connectivity index (χ2v) is 6.01. The highest BCUT2D eigenvalue weighted by molar-refractivity contribution is 7.15. The summed E-state index contributed by atoms with van der Waals surface area (Å²) >= 11 is 3.08. The predicted molar refractivity (Wildman–Crippen MR) is 70.7 cm³/mol. The fourth-order valence-electron chi connectivity index (χ4n) is 2.37. The average molecular weight is 264 g/mol. The van der Waals surface area contributed by atoms with Crippen molar-refractivity contribution in [1.29, 1.82) is 0 Å². The molecule has 88 valence electrons. The summed E-state index contributed by atoms with van der Waals surface area (Å²) in [5, 5.41) is 0. The van der Waals surface area contributed by atoms with Gasteiger partial charge in [0, 0.05) is 16.6 Å². The van der Waals surface area contributed by atoms with Crippen molar-refractivity contribution in [2.24, 2.45) is 5.73 Å². The highest BCUT2D eigenvalue weighted by atomic mass is 32.1. The van der Waals surface area contributed by atoms with Gasteiger partial charge in [0.05, 0.1) is 9.75 Å². The third-order valence-corrected chi connectivity index (χ3v) is 5.39. The Morgan fingerprint density at radius 2 is 2.35 bits per heavy atom. The maximum Gasteiger partial charge on any atom is 0.259 e. The number of nitrogens with zero attached hydrogens (tertiary/aromatic N) is 1. The lowest BCUT2D eigenvalue weighted by atomic mass is 9.91. The first-order chi connectivity index (χ1) is 8.22. The molecular formula is C12H12N2OS2. The van der Waals surface area contributed by atoms with Crippen molar-refractivity contribution in [3.63, 3.8) is 0 Å². The fourth-order valence-corrected chi connectivity index (χ4v) is 4.48. The Labute approximate surface area is 107 Å². The Hall–Kier alpha value is -1.20. The van der Waals surface area contributed by atoms with Crippen molar-refractivity contribution in [2.45, 2.75) is 26.2 Å². The number of primary amides is 1. The van der Waals surface area contributed by atoms with Crippen molar-refractivity contribution in [2.75, 3.05) is 0 Å². The lowest BCUT2D eigenvalue weighted by Crippen LogP contribution is -2.13. The van der Waals surface area contributed by atoms with Gasteiger partial charge in [-0.05, 0) is 41.9 Å². The van der Waals surface area contributed by atoms with Gasteiger partial charge in [0.25, 0.3) is 5.91 Å². The number of hydrogen-bond acceptors (Lipinski definition) is 4. The largest absolute Gasteiger partial charge is 0.365 e. The van der Waals surface area contributed by atoms with Crippen LogP contribution in [-0.2, 0) is 19.3 Å². The summed E-state index contributed by atoms with van der Waals surface area (Å²) in [7, 11) is 0. The van der Waals surface area contributed by atoms with Crippen LogP contribution < -0.4 is 5.73 Å². The van der Waals surface area contributed by atoms with Crippen molar-refractivity contribution >= 4 is 28.8 Å². The fraction of sp³-hybridized carbons (Fsp3) is 0.333. The SMILES string of the molecule is CCc1sc(C(N)=O)c2c1-c1sncc1CC2. The van der Waals surface area contributed by atoms with Crippen LogP contribution in [0.3, 0.4) is 0 Å². The van der Waals surface area contributed by atoms with Gasteiger partial charge in [-0.2, -0.15) is 0 Å². The Bertz CT molecular complexity index is 598. The third kappa shape index (κ3) is 1.53. The second-order valence-electron chi connectivity index (χ2n) is 4.11. The Kier molecular flexibility index (Phi) is 2.52. The van der Waals surface area contributed by atoms with Gasteiger partial charge >= 0.3 is 0 Å². The molecular weight excluding hydrogens is 252 g/mol. The summed E-state index contributed by atoms with van der Waals surface area (Å²) in [6, 6.07) is 0. The summed E-state index contributed by atoms with van der Waals surface area (Å²) in [4.78, 5) is 14.7. The van der Waals surface area contributed by atoms with Crippen LogP contribution in [0.1, 0.15) is 32.6 Å². The van der Waals surface area contributed by atoms with E-state index in [4.69, 9.17) is 5.73 Å². The number of aromatic nitrogens is 1. The number of carbonyl (C=O) groups excluding carboxylic acids is 1. The lowest BCUT2D eigenvalue weighted by Gasteiger charge is -2.13. The molecule has 0 saturated carbocycles. The highest BCUT2D eigenvalue weighted by Gasteiger charge is 2.27. The number of amides is 1. The summed E-state index contributed by atoms with van der Waals surface area (Å²) in [6.45, 7) is 2.12. The molecule has 5 heteroatoms. The van der Waals surface area contributed by atoms with E-state index < -0.39 is 0 Å². The van der Waals surface area contributed by atoms with Crippen molar-refractivity contribution < 1.29 is 4.79 Å². The van der Waals surface area contributed by atoms with Crippen LogP contribution in [0.4, 0.5) is 0 Å². The number of fused-ring (bicyclic) bond motifs is 3. The van der Waals surface area contributed by atoms with Gasteiger partial charge in [-0.3, -0.25) is 4.79 Å². The second kappa shape index (κ2) is 3.92. The molecule has 0 aliphatic heterocycles. The quantitative estimate of drug-likeness (QED) is 0.906. The molecule has 1 aliphatic carbocycles. The van der Waals surface area contributed by atoms with E-state index in [1.165, 1.54) is 32.4 Å². The molecule has 0 spiro atoms. The first kappa shape index (κ1) is 10.9. The standard InChI is InChI=1S/C12H12N2OS2/c1-2-8-9-7(11(16-8)12(13)15)4-3-6-5-14-17-10(6)9/h5H,2-4H2,1H3,(H2,13,15). The van der Waals surface area contributed by atoms with E-state index in [1.54, 1.807) is 11.3 Å². The molecule has 2 aromatic rings. The Morgan fingerprint density at radius 3 is 3.06 bits per heavy atom. The number of thiophene rings is 1. The van der Waals surface area contributed by atoms with Crippen LogP contribution in [-0.4, -0.2) is 10.3 Å². The van der Waals surface area contributed by atoms with Gasteiger partial charge in [-0.15, -0.1) is 11.3 Å². The van der Waals surface area contributed by atoms with Crippen LogP contribution in [0.25, 0.3) is 10.4 Å². The molecule has 17 heavy (non-hydrogen) atoms. The van der Waals surface area contributed by atoms with Gasteiger partial charge < -0.3 is 5.73 Å². The van der Waals surface area contributed by atoms with Gasteiger partial charge in [0.15, 0.2) is 0 Å². The van der Waals surface area contributed by atoms with E-state index in [2.05, 4.69) is 11.3 Å². The number of aryl methyl sites for hydroxylation is 2. The molecule has 3 rings (SSSR count). The van der Waals surface area contributed by atoms with Crippen LogP contribution >= 0.6 is 22.9 Å². The van der Waals surface area contributed by atoms with E-state index in [0.29, 0.717) is 0 Å². The topological polar surface area (TPSA) is 56.0 Å². The van der Waals surface area contributed by atoms with E-state index in [1.807, 2.05) is 6.20 Å². The summed E-state index contributed by atoms with van der Waals surface area (Å²) in [5.41, 5.74) is 9.17. The number of rotatable bonds is 2. The maximum absolute atomic E-state index is 11.5. The molecule has 2 N–H and O–H groups in total. The van der Waals surface area contributed by atoms with E-state index in [9.17, 15) is 4.79 Å². The molecule has 1 aliphatic rings. The molecule has 2 heterocycles. The lowest BCUT2D eigenvalue weighted by molar-refractivity contribution is 0.100. The van der Waals surface area contributed by atoms with Gasteiger partial charge in [0.1, 0.15) is 0 Å². The highest BCUT2D eigenvalue weighted by Crippen LogP contribution is 2.44. The number of hydrogen-bond donors (Lipinski definition) is 1. The third-order valence-electron chi connectivity index (χ3n) is 3.14. The Morgan fingerprint density at radius 1 is 1.53 bits per heavy atom. The summed E-state index contributed by atoms with van der Waals surface area (Å²) < 4.78 is 4.26. The molecule has 2 aromatic heterocycles. The smallest absolute Gasteiger partial charge is 0.259 e. The summed E-state index contributed by atoms with van der Waals surface area (Å²) in [5.74, 6) is -0.293. The van der Waals surface area contributed by atoms with Crippen LogP contribution in [0.15, 0.2) is 6.20 Å². The summed E-state index contributed by atoms with van der Waals surface area (Å²) in [6.07, 6.45) is 4.77. The molecule has 3 nitrogen and oxygen atoms in total. The van der Waals surface area contributed by atoms with Gasteiger partial charge in [-0.1, -0.05) is 6.92 Å². The van der Waals surface area contributed by atoms with Crippen LogP contribution in [0.5, 0.6) is 0 Å². The van der Waals surface area contributed by atoms with Crippen molar-refractivity contribution in [1.82, 2.24) is 4.37 Å². The molecule has 0 unspecified atom stereocenters. The van der Waals surface area contributed by atoms with Gasteiger partial charge in [0.2, 0.25) is 0 Å². The molecule has 0 atom stereocenters. The first-order valence-electron chi connectivity index (χ1n) is 5.60. The zero-order chi connectivity index (χ0) is 12.0. The monoisotopic (exact) mass is 264 g/mol. The van der Waals surface area contributed by atoms with Crippen molar-refractivity contribution in [3.05, 3.63) is 27.1 Å². The molecule has 0 saturated heterocycles. The normalized spacial score (nSPS) is 13.2. The van der Waals surface area contributed by atoms with E-state index >= 15 is 0 Å². The predicted octanol–water partition coefficient (Wildman–Crippen LogP) is 2.63. The zero-order valence-electron chi connectivity index (χ0n) is 9.45. The minimum Gasteiger partial charge on any atom is -0.365 e. The van der Waals surface area contributed by atoms with Crippen LogP contribution in [0, 0.1) is 0 Å². The average Bonchev–Trinajstić information content (AvgIpc) is 2.91. The molecule has 0 radical (unpaired) electrons. The number of nitrogens with two attached hydrogens (primary N) is 1. The zero-order valence-corrected chi connectivity index (χ0v) is 11.1.